The average Bonchev–Trinajstić information content (AvgIpc) is 3.06. The number of benzene rings is 1. The fraction of sp³-hybridized carbons (Fsp3) is 0.611. The Labute approximate surface area is 153 Å². The molecule has 2 aromatic rings. The predicted molar refractivity (Wildman–Crippen MR) is 102 cm³/mol. The van der Waals surface area contributed by atoms with Crippen LogP contribution in [0.3, 0.4) is 0 Å². The second kappa shape index (κ2) is 6.95. The summed E-state index contributed by atoms with van der Waals surface area (Å²) < 4.78 is 31.1. The van der Waals surface area contributed by atoms with Crippen molar-refractivity contribution in [3.63, 3.8) is 0 Å². The maximum absolute atomic E-state index is 13.3. The molecular formula is C18H25N3O2S2. The number of piperidine rings is 2. The van der Waals surface area contributed by atoms with Crippen LogP contribution in [0.1, 0.15) is 50.1 Å². The van der Waals surface area contributed by atoms with Gasteiger partial charge >= 0.3 is 0 Å². The Morgan fingerprint density at radius 2 is 1.84 bits per heavy atom. The van der Waals surface area contributed by atoms with E-state index in [1.165, 1.54) is 0 Å². The maximum Gasteiger partial charge on any atom is 0.282 e. The van der Waals surface area contributed by atoms with E-state index in [0.717, 1.165) is 47.3 Å². The first kappa shape index (κ1) is 17.4. The smallest absolute Gasteiger partial charge is 0.239 e. The van der Waals surface area contributed by atoms with Gasteiger partial charge < -0.3 is 0 Å². The molecule has 3 heterocycles. The molecule has 1 unspecified atom stereocenters. The van der Waals surface area contributed by atoms with Crippen LogP contribution in [0.5, 0.6) is 0 Å². The predicted octanol–water partition coefficient (Wildman–Crippen LogP) is 3.80. The van der Waals surface area contributed by atoms with Crippen LogP contribution in [-0.4, -0.2) is 41.6 Å². The Morgan fingerprint density at radius 1 is 1.08 bits per heavy atom. The normalized spacial score (nSPS) is 24.8. The third-order valence-electron chi connectivity index (χ3n) is 5.41. The molecule has 0 bridgehead atoms. The minimum absolute atomic E-state index is 0.115. The fourth-order valence-electron chi connectivity index (χ4n) is 3.82. The van der Waals surface area contributed by atoms with Crippen molar-refractivity contribution in [1.82, 2.24) is 13.6 Å². The largest absolute Gasteiger partial charge is 0.282 e. The van der Waals surface area contributed by atoms with Gasteiger partial charge in [-0.2, -0.15) is 17.0 Å². The van der Waals surface area contributed by atoms with Crippen molar-refractivity contribution >= 4 is 31.8 Å². The first-order valence-corrected chi connectivity index (χ1v) is 11.4. The summed E-state index contributed by atoms with van der Waals surface area (Å²) in [6.45, 7) is 4.10. The van der Waals surface area contributed by atoms with Gasteiger partial charge in [-0.3, -0.25) is 0 Å². The summed E-state index contributed by atoms with van der Waals surface area (Å²) in [5.41, 5.74) is 0.970. The Bertz CT molecular complexity index is 808. The minimum atomic E-state index is -3.41. The number of rotatable bonds is 3. The lowest BCUT2D eigenvalue weighted by Crippen LogP contribution is -2.49. The molecule has 0 N–H and O–H groups in total. The SMILES string of the molecule is CC1CCN(S(=O)(=O)N2CCCCC2c2nc3ccccc3s2)CC1. The van der Waals surface area contributed by atoms with Crippen LogP contribution < -0.4 is 0 Å². The van der Waals surface area contributed by atoms with Crippen molar-refractivity contribution in [2.75, 3.05) is 19.6 Å². The third-order valence-corrected chi connectivity index (χ3v) is 8.60. The molecule has 136 valence electrons. The molecule has 2 aliphatic rings. The van der Waals surface area contributed by atoms with E-state index < -0.39 is 10.2 Å². The molecule has 7 heteroatoms. The van der Waals surface area contributed by atoms with Crippen LogP contribution in [0.2, 0.25) is 0 Å². The number of nitrogens with zero attached hydrogens (tertiary/aromatic N) is 3. The van der Waals surface area contributed by atoms with Crippen molar-refractivity contribution in [3.8, 4) is 0 Å². The van der Waals surface area contributed by atoms with E-state index in [0.29, 0.717) is 25.6 Å². The molecule has 25 heavy (non-hydrogen) atoms. The van der Waals surface area contributed by atoms with Gasteiger partial charge in [0.2, 0.25) is 0 Å². The van der Waals surface area contributed by atoms with Crippen LogP contribution in [0, 0.1) is 5.92 Å². The third kappa shape index (κ3) is 3.35. The fourth-order valence-corrected chi connectivity index (χ4v) is 6.86. The highest BCUT2D eigenvalue weighted by atomic mass is 32.2. The van der Waals surface area contributed by atoms with E-state index in [1.807, 2.05) is 18.2 Å². The van der Waals surface area contributed by atoms with Crippen molar-refractivity contribution < 1.29 is 8.42 Å². The second-order valence-corrected chi connectivity index (χ2v) is 10.2. The second-order valence-electron chi connectivity index (χ2n) is 7.23. The van der Waals surface area contributed by atoms with E-state index in [2.05, 4.69) is 13.0 Å². The zero-order valence-electron chi connectivity index (χ0n) is 14.6. The number of hydrogen-bond acceptors (Lipinski definition) is 4. The number of aromatic nitrogens is 1. The Morgan fingerprint density at radius 3 is 2.60 bits per heavy atom. The van der Waals surface area contributed by atoms with Crippen molar-refractivity contribution in [2.45, 2.75) is 45.1 Å². The summed E-state index contributed by atoms with van der Waals surface area (Å²) in [5.74, 6) is 0.618. The average molecular weight is 380 g/mol. The maximum atomic E-state index is 13.3. The van der Waals surface area contributed by atoms with Gasteiger partial charge in [0.05, 0.1) is 16.3 Å². The highest BCUT2D eigenvalue weighted by molar-refractivity contribution is 7.86. The molecule has 1 aromatic carbocycles. The molecule has 0 spiro atoms. The van der Waals surface area contributed by atoms with Gasteiger partial charge in [-0.25, -0.2) is 4.98 Å². The zero-order valence-corrected chi connectivity index (χ0v) is 16.2. The molecule has 1 atom stereocenters. The Kier molecular flexibility index (Phi) is 4.83. The lowest BCUT2D eigenvalue weighted by molar-refractivity contribution is 0.214. The first-order valence-electron chi connectivity index (χ1n) is 9.18. The lowest BCUT2D eigenvalue weighted by Gasteiger charge is -2.39. The lowest BCUT2D eigenvalue weighted by atomic mass is 10.0. The molecule has 2 saturated heterocycles. The van der Waals surface area contributed by atoms with Crippen molar-refractivity contribution in [1.29, 1.82) is 0 Å². The molecule has 0 aliphatic carbocycles. The topological polar surface area (TPSA) is 53.5 Å². The Hall–Kier alpha value is -1.02. The van der Waals surface area contributed by atoms with E-state index in [1.54, 1.807) is 19.9 Å². The van der Waals surface area contributed by atoms with Gasteiger partial charge in [0.1, 0.15) is 5.01 Å². The number of para-hydroxylation sites is 1. The summed E-state index contributed by atoms with van der Waals surface area (Å²) in [7, 11) is -3.41. The number of hydrogen-bond donors (Lipinski definition) is 0. The molecule has 4 rings (SSSR count). The van der Waals surface area contributed by atoms with Gasteiger partial charge in [0, 0.05) is 19.6 Å². The molecule has 0 amide bonds. The molecular weight excluding hydrogens is 354 g/mol. The van der Waals surface area contributed by atoms with E-state index in [9.17, 15) is 8.42 Å². The summed E-state index contributed by atoms with van der Waals surface area (Å²) >= 11 is 1.63. The van der Waals surface area contributed by atoms with Crippen LogP contribution >= 0.6 is 11.3 Å². The van der Waals surface area contributed by atoms with Crippen LogP contribution in [-0.2, 0) is 10.2 Å². The van der Waals surface area contributed by atoms with Crippen LogP contribution in [0.15, 0.2) is 24.3 Å². The summed E-state index contributed by atoms with van der Waals surface area (Å²) in [4.78, 5) is 4.75. The summed E-state index contributed by atoms with van der Waals surface area (Å²) in [6.07, 6.45) is 4.77. The van der Waals surface area contributed by atoms with Gasteiger partial charge in [0.25, 0.3) is 10.2 Å². The first-order chi connectivity index (χ1) is 12.1. The van der Waals surface area contributed by atoms with E-state index >= 15 is 0 Å². The number of fused-ring (bicyclic) bond motifs is 1. The molecule has 2 aliphatic heterocycles. The Balaban J connectivity index is 1.64. The number of thiazole rings is 1. The van der Waals surface area contributed by atoms with Gasteiger partial charge in [0.15, 0.2) is 0 Å². The van der Waals surface area contributed by atoms with Crippen molar-refractivity contribution in [3.05, 3.63) is 29.3 Å². The molecule has 1 aromatic heterocycles. The quantitative estimate of drug-likeness (QED) is 0.815. The molecule has 2 fully saturated rings. The molecule has 0 saturated carbocycles. The highest BCUT2D eigenvalue weighted by Crippen LogP contribution is 2.38. The minimum Gasteiger partial charge on any atom is -0.239 e. The van der Waals surface area contributed by atoms with Crippen molar-refractivity contribution in [2.24, 2.45) is 5.92 Å². The summed E-state index contributed by atoms with van der Waals surface area (Å²) in [5, 5.41) is 0.940. The molecule has 0 radical (unpaired) electrons. The van der Waals surface area contributed by atoms with Gasteiger partial charge in [-0.1, -0.05) is 25.5 Å². The zero-order chi connectivity index (χ0) is 17.4. The highest BCUT2D eigenvalue weighted by Gasteiger charge is 2.39. The van der Waals surface area contributed by atoms with Gasteiger partial charge in [-0.05, 0) is 43.7 Å². The van der Waals surface area contributed by atoms with E-state index in [4.69, 9.17) is 4.98 Å². The monoisotopic (exact) mass is 379 g/mol. The van der Waals surface area contributed by atoms with Crippen LogP contribution in [0.25, 0.3) is 10.2 Å². The standard InChI is InChI=1S/C18H25N3O2S2/c1-14-9-12-20(13-10-14)25(22,23)21-11-5-4-7-16(21)18-19-15-6-2-3-8-17(15)24-18/h2-3,6,8,14,16H,4-5,7,9-13H2,1H3. The summed E-state index contributed by atoms with van der Waals surface area (Å²) in [6, 6.07) is 7.94. The van der Waals surface area contributed by atoms with Gasteiger partial charge in [-0.15, -0.1) is 11.3 Å². The van der Waals surface area contributed by atoms with Crippen LogP contribution in [0.4, 0.5) is 0 Å². The van der Waals surface area contributed by atoms with E-state index in [-0.39, 0.29) is 6.04 Å². The molecule has 5 nitrogen and oxygen atoms in total.